The Morgan fingerprint density at radius 2 is 2.11 bits per heavy atom. The van der Waals surface area contributed by atoms with E-state index in [2.05, 4.69) is 11.4 Å². The minimum atomic E-state index is -0.337. The van der Waals surface area contributed by atoms with Gasteiger partial charge < -0.3 is 15.8 Å². The van der Waals surface area contributed by atoms with Crippen LogP contribution >= 0.6 is 0 Å². The summed E-state index contributed by atoms with van der Waals surface area (Å²) in [5.74, 6) is 0.586. The van der Waals surface area contributed by atoms with Crippen molar-refractivity contribution in [2.24, 2.45) is 0 Å². The average Bonchev–Trinajstić information content (AvgIpc) is 2.80. The van der Waals surface area contributed by atoms with Crippen LogP contribution in [0.1, 0.15) is 5.56 Å². The van der Waals surface area contributed by atoms with Crippen LogP contribution in [0, 0.1) is 5.82 Å². The summed E-state index contributed by atoms with van der Waals surface area (Å²) < 4.78 is 19.4. The van der Waals surface area contributed by atoms with E-state index in [9.17, 15) is 4.39 Å². The number of nitrogens with two attached hydrogens (primary N) is 1. The molecule has 98 valence electrons. The maximum atomic E-state index is 13.6. The molecule has 0 amide bonds. The van der Waals surface area contributed by atoms with Crippen molar-refractivity contribution < 1.29 is 9.13 Å². The first kappa shape index (κ1) is 11.8. The Hall–Kier alpha value is -2.23. The van der Waals surface area contributed by atoms with Gasteiger partial charge in [0.25, 0.3) is 0 Å². The quantitative estimate of drug-likeness (QED) is 0.832. The number of fused-ring (bicyclic) bond motifs is 1. The number of anilines is 2. The Morgan fingerprint density at radius 1 is 1.26 bits per heavy atom. The molecule has 0 spiro atoms. The highest BCUT2D eigenvalue weighted by atomic mass is 19.1. The molecule has 2 aromatic rings. The van der Waals surface area contributed by atoms with Gasteiger partial charge in [-0.2, -0.15) is 0 Å². The molecule has 0 bridgehead atoms. The molecular weight excluding hydrogens is 243 g/mol. The van der Waals surface area contributed by atoms with Crippen LogP contribution in [0.25, 0.3) is 0 Å². The smallest absolute Gasteiger partial charge is 0.148 e. The van der Waals surface area contributed by atoms with Crippen LogP contribution in [0.2, 0.25) is 0 Å². The Morgan fingerprint density at radius 3 is 2.89 bits per heavy atom. The molecule has 1 aliphatic heterocycles. The first-order valence-corrected chi connectivity index (χ1v) is 6.26. The fourth-order valence-corrected chi connectivity index (χ4v) is 2.27. The number of hydrogen-bond acceptors (Lipinski definition) is 3. The Kier molecular flexibility index (Phi) is 2.99. The van der Waals surface area contributed by atoms with Gasteiger partial charge in [0.2, 0.25) is 0 Å². The van der Waals surface area contributed by atoms with Crippen LogP contribution < -0.4 is 15.8 Å². The predicted octanol–water partition coefficient (Wildman–Crippen LogP) is 2.82. The second kappa shape index (κ2) is 4.80. The Balaban J connectivity index is 1.63. The molecule has 3 N–H and O–H groups in total. The van der Waals surface area contributed by atoms with Gasteiger partial charge in [-0.1, -0.05) is 18.2 Å². The maximum absolute atomic E-state index is 13.6. The minimum Gasteiger partial charge on any atom is -0.488 e. The van der Waals surface area contributed by atoms with Crippen molar-refractivity contribution in [1.29, 1.82) is 0 Å². The zero-order valence-electron chi connectivity index (χ0n) is 10.4. The van der Waals surface area contributed by atoms with Gasteiger partial charge in [-0.15, -0.1) is 0 Å². The third kappa shape index (κ3) is 2.47. The van der Waals surface area contributed by atoms with Crippen molar-refractivity contribution in [2.45, 2.75) is 12.5 Å². The summed E-state index contributed by atoms with van der Waals surface area (Å²) in [7, 11) is 0. The van der Waals surface area contributed by atoms with E-state index in [0.29, 0.717) is 17.9 Å². The lowest BCUT2D eigenvalue weighted by Crippen LogP contribution is -2.24. The van der Waals surface area contributed by atoms with Gasteiger partial charge in [0.15, 0.2) is 0 Å². The molecular formula is C15H15FN2O. The van der Waals surface area contributed by atoms with E-state index in [0.717, 1.165) is 12.2 Å². The van der Waals surface area contributed by atoms with Gasteiger partial charge >= 0.3 is 0 Å². The second-order valence-corrected chi connectivity index (χ2v) is 4.67. The molecule has 0 fully saturated rings. The molecule has 2 aromatic carbocycles. The molecule has 0 aromatic heterocycles. The highest BCUT2D eigenvalue weighted by molar-refractivity contribution is 5.52. The largest absolute Gasteiger partial charge is 0.488 e. The molecule has 1 atom stereocenters. The molecule has 3 nitrogen and oxygen atoms in total. The van der Waals surface area contributed by atoms with Crippen molar-refractivity contribution in [2.75, 3.05) is 17.6 Å². The van der Waals surface area contributed by atoms with Gasteiger partial charge in [-0.25, -0.2) is 4.39 Å². The molecule has 19 heavy (non-hydrogen) atoms. The molecule has 4 heteroatoms. The lowest BCUT2D eigenvalue weighted by Gasteiger charge is -2.13. The standard InChI is InChI=1S/C15H15FN2O/c16-13-8-11(17)5-6-14(13)18-9-12-7-10-3-1-2-4-15(10)19-12/h1-6,8,12,18H,7,9,17H2. The van der Waals surface area contributed by atoms with E-state index in [1.54, 1.807) is 12.1 Å². The van der Waals surface area contributed by atoms with Crippen LogP contribution in [0.3, 0.4) is 0 Å². The highest BCUT2D eigenvalue weighted by Crippen LogP contribution is 2.28. The van der Waals surface area contributed by atoms with E-state index >= 15 is 0 Å². The fourth-order valence-electron chi connectivity index (χ4n) is 2.27. The van der Waals surface area contributed by atoms with Gasteiger partial charge in [0.1, 0.15) is 17.7 Å². The average molecular weight is 258 g/mol. The zero-order valence-corrected chi connectivity index (χ0v) is 10.4. The topological polar surface area (TPSA) is 47.3 Å². The van der Waals surface area contributed by atoms with Crippen LogP contribution in [0.5, 0.6) is 5.75 Å². The van der Waals surface area contributed by atoms with Crippen molar-refractivity contribution in [1.82, 2.24) is 0 Å². The van der Waals surface area contributed by atoms with E-state index in [-0.39, 0.29) is 11.9 Å². The summed E-state index contributed by atoms with van der Waals surface area (Å²) in [5, 5.41) is 3.06. The summed E-state index contributed by atoms with van der Waals surface area (Å²) in [6, 6.07) is 12.6. The number of benzene rings is 2. The molecule has 0 aliphatic carbocycles. The molecule has 1 unspecified atom stereocenters. The van der Waals surface area contributed by atoms with Crippen LogP contribution in [-0.4, -0.2) is 12.6 Å². The molecule has 0 saturated carbocycles. The van der Waals surface area contributed by atoms with Crippen molar-refractivity contribution in [3.8, 4) is 5.75 Å². The van der Waals surface area contributed by atoms with Crippen molar-refractivity contribution >= 4 is 11.4 Å². The van der Waals surface area contributed by atoms with Gasteiger partial charge in [0, 0.05) is 12.1 Å². The third-order valence-electron chi connectivity index (χ3n) is 3.23. The molecule has 1 heterocycles. The predicted molar refractivity (Wildman–Crippen MR) is 73.9 cm³/mol. The second-order valence-electron chi connectivity index (χ2n) is 4.67. The maximum Gasteiger partial charge on any atom is 0.148 e. The summed E-state index contributed by atoms with van der Waals surface area (Å²) in [6.45, 7) is 0.565. The van der Waals surface area contributed by atoms with Crippen LogP contribution in [0.4, 0.5) is 15.8 Å². The van der Waals surface area contributed by atoms with Gasteiger partial charge in [-0.3, -0.25) is 0 Å². The van der Waals surface area contributed by atoms with Crippen molar-refractivity contribution in [3.05, 3.63) is 53.8 Å². The summed E-state index contributed by atoms with van der Waals surface area (Å²) in [4.78, 5) is 0. The highest BCUT2D eigenvalue weighted by Gasteiger charge is 2.22. The number of hydrogen-bond donors (Lipinski definition) is 2. The normalized spacial score (nSPS) is 16.8. The van der Waals surface area contributed by atoms with Crippen molar-refractivity contribution in [3.63, 3.8) is 0 Å². The SMILES string of the molecule is Nc1ccc(NCC2Cc3ccccc3O2)c(F)c1. The number of rotatable bonds is 3. The van der Waals surface area contributed by atoms with E-state index in [1.165, 1.54) is 11.6 Å². The number of nitrogens with one attached hydrogen (secondary N) is 1. The molecule has 3 rings (SSSR count). The van der Waals surface area contributed by atoms with Crippen LogP contribution in [-0.2, 0) is 6.42 Å². The summed E-state index contributed by atoms with van der Waals surface area (Å²) in [5.41, 5.74) is 7.59. The summed E-state index contributed by atoms with van der Waals surface area (Å²) >= 11 is 0. The van der Waals surface area contributed by atoms with Crippen LogP contribution in [0.15, 0.2) is 42.5 Å². The Labute approximate surface area is 111 Å². The third-order valence-corrected chi connectivity index (χ3v) is 3.23. The van der Waals surface area contributed by atoms with E-state index < -0.39 is 0 Å². The van der Waals surface area contributed by atoms with Gasteiger partial charge in [-0.05, 0) is 29.8 Å². The number of halogens is 1. The molecule has 1 aliphatic rings. The molecule has 0 saturated heterocycles. The summed E-state index contributed by atoms with van der Waals surface area (Å²) in [6.07, 6.45) is 0.883. The first-order valence-electron chi connectivity index (χ1n) is 6.26. The monoisotopic (exact) mass is 258 g/mol. The molecule has 0 radical (unpaired) electrons. The number of para-hydroxylation sites is 1. The Bertz CT molecular complexity index is 575. The van der Waals surface area contributed by atoms with E-state index in [1.807, 2.05) is 18.2 Å². The van der Waals surface area contributed by atoms with E-state index in [4.69, 9.17) is 10.5 Å². The minimum absolute atomic E-state index is 0.0364. The zero-order chi connectivity index (χ0) is 13.2. The first-order chi connectivity index (χ1) is 9.22. The lowest BCUT2D eigenvalue weighted by atomic mass is 10.1. The van der Waals surface area contributed by atoms with Gasteiger partial charge in [0.05, 0.1) is 12.2 Å². The lowest BCUT2D eigenvalue weighted by molar-refractivity contribution is 0.246. The number of nitrogen functional groups attached to an aromatic ring is 1. The fraction of sp³-hybridized carbons (Fsp3) is 0.200. The number of ether oxygens (including phenoxy) is 1.